The summed E-state index contributed by atoms with van der Waals surface area (Å²) in [6.45, 7) is 3.77. The number of allylic oxidation sites excluding steroid dienone is 1. The molecule has 2 rings (SSSR count). The zero-order valence-corrected chi connectivity index (χ0v) is 7.48. The molecule has 0 fully saturated rings. The molecule has 13 heavy (non-hydrogen) atoms. The second-order valence-electron chi connectivity index (χ2n) is 2.96. The molecule has 0 atom stereocenters. The molecule has 2 aromatic rings. The minimum absolute atomic E-state index is 0.826. The van der Waals surface area contributed by atoms with Gasteiger partial charge in [-0.25, -0.2) is 0 Å². The van der Waals surface area contributed by atoms with Crippen LogP contribution in [0, 0.1) is 6.92 Å². The Balaban J connectivity index is 2.52. The first kappa shape index (κ1) is 8.11. The average Bonchev–Trinajstić information content (AvgIpc) is 2.58. The molecule has 65 valence electrons. The normalized spacial score (nSPS) is 11.5. The molecule has 1 radical (unpaired) electrons. The fourth-order valence-corrected chi connectivity index (χ4v) is 1.42. The van der Waals surface area contributed by atoms with Gasteiger partial charge in [-0.1, -0.05) is 24.3 Å². The van der Waals surface area contributed by atoms with Crippen molar-refractivity contribution in [1.29, 1.82) is 0 Å². The van der Waals surface area contributed by atoms with Crippen molar-refractivity contribution in [2.45, 2.75) is 6.42 Å². The maximum absolute atomic E-state index is 3.77. The van der Waals surface area contributed by atoms with Crippen LogP contribution in [-0.2, 0) is 0 Å². The van der Waals surface area contributed by atoms with Gasteiger partial charge in [0.1, 0.15) is 0 Å². The molecule has 1 nitrogen and oxygen atoms in total. The number of rotatable bonds is 2. The van der Waals surface area contributed by atoms with Gasteiger partial charge in [-0.3, -0.25) is 0 Å². The van der Waals surface area contributed by atoms with Crippen LogP contribution in [0.3, 0.4) is 0 Å². The lowest BCUT2D eigenvalue weighted by Gasteiger charge is -1.95. The van der Waals surface area contributed by atoms with Gasteiger partial charge in [0.25, 0.3) is 0 Å². The molecule has 1 aromatic carbocycles. The highest BCUT2D eigenvalue weighted by molar-refractivity contribution is 5.81. The lowest BCUT2D eigenvalue weighted by molar-refractivity contribution is 1.21. The largest absolute Gasteiger partial charge is 0.324 e. The smallest absolute Gasteiger partial charge is 0.0522 e. The summed E-state index contributed by atoms with van der Waals surface area (Å²) in [7, 11) is 0. The zero-order chi connectivity index (χ0) is 9.10. The third-order valence-electron chi connectivity index (χ3n) is 2.06. The van der Waals surface area contributed by atoms with Crippen molar-refractivity contribution in [3.05, 3.63) is 49.5 Å². The van der Waals surface area contributed by atoms with E-state index in [2.05, 4.69) is 54.2 Å². The SMILES string of the molecule is [CH2]CC=Cn1ccc2ccccc21. The van der Waals surface area contributed by atoms with E-state index in [4.69, 9.17) is 0 Å². The number of nitrogens with zero attached hydrogens (tertiary/aromatic N) is 1. The van der Waals surface area contributed by atoms with Gasteiger partial charge in [-0.05, 0) is 30.9 Å². The Morgan fingerprint density at radius 1 is 1.23 bits per heavy atom. The summed E-state index contributed by atoms with van der Waals surface area (Å²) in [5.74, 6) is 0. The predicted octanol–water partition coefficient (Wildman–Crippen LogP) is 3.34. The third-order valence-corrected chi connectivity index (χ3v) is 2.06. The summed E-state index contributed by atoms with van der Waals surface area (Å²) < 4.78 is 2.11. The van der Waals surface area contributed by atoms with E-state index in [1.807, 2.05) is 6.08 Å². The van der Waals surface area contributed by atoms with E-state index in [-0.39, 0.29) is 0 Å². The van der Waals surface area contributed by atoms with E-state index in [0.717, 1.165) is 6.42 Å². The maximum atomic E-state index is 3.77. The average molecular weight is 170 g/mol. The van der Waals surface area contributed by atoms with E-state index in [1.165, 1.54) is 10.9 Å². The lowest BCUT2D eigenvalue weighted by atomic mass is 10.2. The van der Waals surface area contributed by atoms with Crippen LogP contribution in [0.25, 0.3) is 17.1 Å². The van der Waals surface area contributed by atoms with Gasteiger partial charge in [0, 0.05) is 12.4 Å². The second-order valence-corrected chi connectivity index (χ2v) is 2.96. The number of para-hydroxylation sites is 1. The van der Waals surface area contributed by atoms with E-state index < -0.39 is 0 Å². The van der Waals surface area contributed by atoms with E-state index in [9.17, 15) is 0 Å². The molecule has 1 heteroatoms. The topological polar surface area (TPSA) is 4.93 Å². The van der Waals surface area contributed by atoms with Crippen LogP contribution < -0.4 is 0 Å². The Bertz CT molecular complexity index is 423. The molecule has 1 aromatic heterocycles. The summed E-state index contributed by atoms with van der Waals surface area (Å²) >= 11 is 0. The highest BCUT2D eigenvalue weighted by atomic mass is 14.9. The molecule has 0 aliphatic carbocycles. The molecule has 1 heterocycles. The molecule has 0 aliphatic rings. The van der Waals surface area contributed by atoms with Crippen LogP contribution in [0.15, 0.2) is 42.6 Å². The van der Waals surface area contributed by atoms with Crippen LogP contribution in [0.5, 0.6) is 0 Å². The zero-order valence-electron chi connectivity index (χ0n) is 7.48. The molecule has 0 saturated carbocycles. The van der Waals surface area contributed by atoms with Crippen molar-refractivity contribution in [3.63, 3.8) is 0 Å². The van der Waals surface area contributed by atoms with Gasteiger partial charge >= 0.3 is 0 Å². The Labute approximate surface area is 78.3 Å². The maximum Gasteiger partial charge on any atom is 0.0522 e. The fourth-order valence-electron chi connectivity index (χ4n) is 1.42. The van der Waals surface area contributed by atoms with E-state index >= 15 is 0 Å². The van der Waals surface area contributed by atoms with Crippen molar-refractivity contribution in [3.8, 4) is 0 Å². The predicted molar refractivity (Wildman–Crippen MR) is 57.2 cm³/mol. The molecule has 0 bridgehead atoms. The molecule has 0 saturated heterocycles. The summed E-state index contributed by atoms with van der Waals surface area (Å²) in [6, 6.07) is 10.4. The van der Waals surface area contributed by atoms with Crippen molar-refractivity contribution in [2.75, 3.05) is 0 Å². The monoisotopic (exact) mass is 170 g/mol. The first-order valence-electron chi connectivity index (χ1n) is 4.43. The minimum Gasteiger partial charge on any atom is -0.324 e. The number of fused-ring (bicyclic) bond motifs is 1. The highest BCUT2D eigenvalue weighted by Crippen LogP contribution is 2.14. The molecule has 0 unspecified atom stereocenters. The molecule has 0 spiro atoms. The lowest BCUT2D eigenvalue weighted by Crippen LogP contribution is -1.81. The first-order valence-corrected chi connectivity index (χ1v) is 4.43. The standard InChI is InChI=1S/C12H12N/c1-2-3-9-13-10-8-11-6-4-5-7-12(11)13/h3-10H,1-2H2. The van der Waals surface area contributed by atoms with Crippen LogP contribution in [0.4, 0.5) is 0 Å². The van der Waals surface area contributed by atoms with Gasteiger partial charge in [0.05, 0.1) is 5.52 Å². The Morgan fingerprint density at radius 2 is 2.08 bits per heavy atom. The van der Waals surface area contributed by atoms with E-state index in [1.54, 1.807) is 0 Å². The van der Waals surface area contributed by atoms with Gasteiger partial charge in [-0.2, -0.15) is 0 Å². The summed E-state index contributed by atoms with van der Waals surface area (Å²) in [5, 5.41) is 1.27. The van der Waals surface area contributed by atoms with Crippen molar-refractivity contribution in [2.24, 2.45) is 0 Å². The van der Waals surface area contributed by atoms with Crippen molar-refractivity contribution >= 4 is 17.1 Å². The molecular weight excluding hydrogens is 158 g/mol. The van der Waals surface area contributed by atoms with Crippen LogP contribution in [0.2, 0.25) is 0 Å². The Hall–Kier alpha value is -1.50. The summed E-state index contributed by atoms with van der Waals surface area (Å²) in [6.07, 6.45) is 6.99. The van der Waals surface area contributed by atoms with Gasteiger partial charge in [0.15, 0.2) is 0 Å². The summed E-state index contributed by atoms with van der Waals surface area (Å²) in [4.78, 5) is 0. The number of hydrogen-bond donors (Lipinski definition) is 0. The third kappa shape index (κ3) is 1.50. The van der Waals surface area contributed by atoms with Gasteiger partial charge < -0.3 is 4.57 Å². The highest BCUT2D eigenvalue weighted by Gasteiger charge is 1.94. The van der Waals surface area contributed by atoms with Crippen molar-refractivity contribution in [1.82, 2.24) is 4.57 Å². The first-order chi connectivity index (χ1) is 6.42. The quantitative estimate of drug-likeness (QED) is 0.651. The Kier molecular flexibility index (Phi) is 2.17. The molecule has 0 N–H and O–H groups in total. The minimum atomic E-state index is 0.826. The van der Waals surface area contributed by atoms with Gasteiger partial charge in [0.2, 0.25) is 0 Å². The van der Waals surface area contributed by atoms with Crippen molar-refractivity contribution < 1.29 is 0 Å². The second kappa shape index (κ2) is 3.48. The number of aromatic nitrogens is 1. The number of hydrogen-bond acceptors (Lipinski definition) is 0. The van der Waals surface area contributed by atoms with Crippen LogP contribution in [0.1, 0.15) is 6.42 Å². The number of benzene rings is 1. The molecule has 0 aliphatic heterocycles. The fraction of sp³-hybridized carbons (Fsp3) is 0.0833. The van der Waals surface area contributed by atoms with Crippen LogP contribution >= 0.6 is 0 Å². The van der Waals surface area contributed by atoms with E-state index in [0.29, 0.717) is 0 Å². The van der Waals surface area contributed by atoms with Gasteiger partial charge in [-0.15, -0.1) is 0 Å². The molecular formula is C12H12N. The Morgan fingerprint density at radius 3 is 2.92 bits per heavy atom. The van der Waals surface area contributed by atoms with Crippen LogP contribution in [-0.4, -0.2) is 4.57 Å². The summed E-state index contributed by atoms with van der Waals surface area (Å²) in [5.41, 5.74) is 1.24. The molecule has 0 amide bonds.